The molecule has 10 heteroatoms. The third-order valence-corrected chi connectivity index (χ3v) is 4.65. The first-order valence-electron chi connectivity index (χ1n) is 8.58. The van der Waals surface area contributed by atoms with Crippen LogP contribution in [0, 0.1) is 6.92 Å². The fourth-order valence-electron chi connectivity index (χ4n) is 2.62. The van der Waals surface area contributed by atoms with E-state index in [4.69, 9.17) is 15.4 Å². The van der Waals surface area contributed by atoms with Gasteiger partial charge in [0.25, 0.3) is 0 Å². The molecule has 0 unspecified atom stereocenters. The molecule has 5 N–H and O–H groups in total. The van der Waals surface area contributed by atoms with Crippen LogP contribution in [0.1, 0.15) is 29.7 Å². The molecule has 0 radical (unpaired) electrons. The zero-order valence-corrected chi connectivity index (χ0v) is 17.0. The lowest BCUT2D eigenvalue weighted by Gasteiger charge is -2.09. The smallest absolute Gasteiger partial charge is 0.303 e. The first-order valence-corrected chi connectivity index (χ1v) is 10.3. The van der Waals surface area contributed by atoms with Gasteiger partial charge in [-0.05, 0) is 50.7 Å². The van der Waals surface area contributed by atoms with E-state index in [1.165, 1.54) is 5.56 Å². The molecule has 9 nitrogen and oxygen atoms in total. The summed E-state index contributed by atoms with van der Waals surface area (Å²) in [5.74, 6) is -2.28. The number of rotatable bonds is 8. The summed E-state index contributed by atoms with van der Waals surface area (Å²) in [5.41, 5.74) is 4.14. The molecule has 2 rings (SSSR count). The number of likely N-dealkylation sites (N-methyl/N-ethyl adjacent to an activating group) is 1. The monoisotopic (exact) mass is 413 g/mol. The van der Waals surface area contributed by atoms with E-state index in [0.717, 1.165) is 35.1 Å². The summed E-state index contributed by atoms with van der Waals surface area (Å²) in [4.78, 5) is 24.8. The van der Waals surface area contributed by atoms with Crippen LogP contribution in [0.3, 0.4) is 0 Å². The Kier molecular flexibility index (Phi) is 8.61. The Bertz CT molecular complexity index is 920. The van der Waals surface area contributed by atoms with Crippen LogP contribution in [0.5, 0.6) is 0 Å². The van der Waals surface area contributed by atoms with Crippen molar-refractivity contribution >= 4 is 32.9 Å². The predicted octanol–water partition coefficient (Wildman–Crippen LogP) is 1.30. The Morgan fingerprint density at radius 1 is 1.14 bits per heavy atom. The quantitative estimate of drug-likeness (QED) is 0.508. The van der Waals surface area contributed by atoms with Crippen LogP contribution in [-0.2, 0) is 31.8 Å². The second kappa shape index (κ2) is 10.2. The summed E-state index contributed by atoms with van der Waals surface area (Å²) >= 11 is 0. The first-order chi connectivity index (χ1) is 12.9. The van der Waals surface area contributed by atoms with Crippen molar-refractivity contribution < 1.29 is 28.2 Å². The SMILES string of the molecule is Cc1[nH]c2ccc(CS(N)(=O)=O)cc2c1CCN(C)C.O=C(O)CCC(=O)O. The minimum atomic E-state index is -3.50. The molecule has 0 atom stereocenters. The van der Waals surface area contributed by atoms with Crippen molar-refractivity contribution in [2.24, 2.45) is 5.14 Å². The number of aryl methyl sites for hydroxylation is 1. The number of hydrogen-bond donors (Lipinski definition) is 4. The molecule has 2 aromatic rings. The molecule has 1 aromatic heterocycles. The Hall–Kier alpha value is -2.43. The minimum absolute atomic E-state index is 0.125. The van der Waals surface area contributed by atoms with Crippen molar-refractivity contribution in [3.63, 3.8) is 0 Å². The van der Waals surface area contributed by atoms with Crippen LogP contribution in [0.4, 0.5) is 0 Å². The molecule has 0 aliphatic carbocycles. The number of aromatic amines is 1. The topological polar surface area (TPSA) is 154 Å². The van der Waals surface area contributed by atoms with Gasteiger partial charge in [-0.3, -0.25) is 9.59 Å². The van der Waals surface area contributed by atoms with E-state index in [2.05, 4.69) is 9.88 Å². The lowest BCUT2D eigenvalue weighted by molar-refractivity contribution is -0.143. The molecule has 156 valence electrons. The highest BCUT2D eigenvalue weighted by atomic mass is 32.2. The van der Waals surface area contributed by atoms with E-state index in [-0.39, 0.29) is 18.6 Å². The van der Waals surface area contributed by atoms with Gasteiger partial charge < -0.3 is 20.1 Å². The maximum Gasteiger partial charge on any atom is 0.303 e. The number of aliphatic carboxylic acids is 2. The summed E-state index contributed by atoms with van der Waals surface area (Å²) in [6.45, 7) is 3.00. The molecule has 0 aliphatic heterocycles. The molecule has 0 fully saturated rings. The number of nitrogens with one attached hydrogen (secondary N) is 1. The van der Waals surface area contributed by atoms with E-state index in [0.29, 0.717) is 0 Å². The van der Waals surface area contributed by atoms with Crippen LogP contribution in [0.25, 0.3) is 10.9 Å². The van der Waals surface area contributed by atoms with Crippen molar-refractivity contribution in [1.82, 2.24) is 9.88 Å². The van der Waals surface area contributed by atoms with Crippen LogP contribution in [0.2, 0.25) is 0 Å². The van der Waals surface area contributed by atoms with Gasteiger partial charge in [0.2, 0.25) is 10.0 Å². The van der Waals surface area contributed by atoms with Crippen molar-refractivity contribution in [2.45, 2.75) is 31.9 Å². The van der Waals surface area contributed by atoms with Gasteiger partial charge in [-0.25, -0.2) is 13.6 Å². The lowest BCUT2D eigenvalue weighted by Crippen LogP contribution is -2.15. The fourth-order valence-corrected chi connectivity index (χ4v) is 3.27. The number of carboxylic acid groups (broad SMARTS) is 2. The number of sulfonamides is 1. The highest BCUT2D eigenvalue weighted by molar-refractivity contribution is 7.88. The number of nitrogens with zero attached hydrogens (tertiary/aromatic N) is 1. The number of fused-ring (bicyclic) bond motifs is 1. The second-order valence-electron chi connectivity index (χ2n) is 6.76. The van der Waals surface area contributed by atoms with Crippen molar-refractivity contribution in [3.05, 3.63) is 35.0 Å². The molecule has 1 aromatic carbocycles. The van der Waals surface area contributed by atoms with Gasteiger partial charge in [0.15, 0.2) is 0 Å². The highest BCUT2D eigenvalue weighted by Crippen LogP contribution is 2.24. The van der Waals surface area contributed by atoms with Gasteiger partial charge in [-0.1, -0.05) is 6.07 Å². The number of aromatic nitrogens is 1. The van der Waals surface area contributed by atoms with Crippen molar-refractivity contribution in [2.75, 3.05) is 20.6 Å². The molecule has 0 saturated carbocycles. The summed E-state index contributed by atoms with van der Waals surface area (Å²) in [6.07, 6.45) is 0.336. The third kappa shape index (κ3) is 8.51. The van der Waals surface area contributed by atoms with Crippen LogP contribution in [0.15, 0.2) is 18.2 Å². The molecule has 0 bridgehead atoms. The van der Waals surface area contributed by atoms with Gasteiger partial charge in [0.05, 0.1) is 18.6 Å². The minimum Gasteiger partial charge on any atom is -0.481 e. The Labute approximate surface area is 164 Å². The Balaban J connectivity index is 0.000000416. The van der Waals surface area contributed by atoms with E-state index in [9.17, 15) is 18.0 Å². The van der Waals surface area contributed by atoms with Gasteiger partial charge in [-0.15, -0.1) is 0 Å². The lowest BCUT2D eigenvalue weighted by atomic mass is 10.1. The van der Waals surface area contributed by atoms with E-state index < -0.39 is 22.0 Å². The Morgan fingerprint density at radius 3 is 2.18 bits per heavy atom. The van der Waals surface area contributed by atoms with E-state index in [1.54, 1.807) is 6.07 Å². The summed E-state index contributed by atoms with van der Waals surface area (Å²) in [7, 11) is 0.581. The number of benzene rings is 1. The largest absolute Gasteiger partial charge is 0.481 e. The van der Waals surface area contributed by atoms with E-state index in [1.807, 2.05) is 33.2 Å². The zero-order chi connectivity index (χ0) is 21.5. The van der Waals surface area contributed by atoms with Crippen LogP contribution < -0.4 is 5.14 Å². The summed E-state index contributed by atoms with van der Waals surface area (Å²) in [5, 5.41) is 22.0. The van der Waals surface area contributed by atoms with Crippen molar-refractivity contribution in [3.8, 4) is 0 Å². The molecule has 0 amide bonds. The molecular formula is C18H27N3O6S. The Morgan fingerprint density at radius 2 is 1.71 bits per heavy atom. The van der Waals surface area contributed by atoms with Gasteiger partial charge in [0.1, 0.15) is 0 Å². The molecule has 0 saturated heterocycles. The van der Waals surface area contributed by atoms with Crippen LogP contribution >= 0.6 is 0 Å². The average Bonchev–Trinajstić information content (AvgIpc) is 2.85. The predicted molar refractivity (Wildman–Crippen MR) is 107 cm³/mol. The number of carboxylic acids is 2. The third-order valence-electron chi connectivity index (χ3n) is 3.91. The number of primary sulfonamides is 1. The molecule has 0 aliphatic rings. The molecular weight excluding hydrogens is 386 g/mol. The van der Waals surface area contributed by atoms with Crippen molar-refractivity contribution in [1.29, 1.82) is 0 Å². The maximum absolute atomic E-state index is 11.2. The van der Waals surface area contributed by atoms with Gasteiger partial charge in [-0.2, -0.15) is 0 Å². The summed E-state index contributed by atoms with van der Waals surface area (Å²) < 4.78 is 22.4. The number of carbonyl (C=O) groups is 2. The van der Waals surface area contributed by atoms with Gasteiger partial charge in [0, 0.05) is 23.1 Å². The highest BCUT2D eigenvalue weighted by Gasteiger charge is 2.11. The maximum atomic E-state index is 11.2. The first kappa shape index (κ1) is 23.6. The summed E-state index contributed by atoms with van der Waals surface area (Å²) in [6, 6.07) is 5.65. The standard InChI is InChI=1S/C14H21N3O2S.C4H6O4/c1-10-12(6-7-17(2)3)13-8-11(9-20(15,18)19)4-5-14(13)16-10;5-3(6)1-2-4(7)8/h4-5,8,16H,6-7,9H2,1-3H3,(H2,15,18,19);1-2H2,(H,5,6)(H,7,8). The molecule has 0 spiro atoms. The number of nitrogens with two attached hydrogens (primary N) is 1. The van der Waals surface area contributed by atoms with Gasteiger partial charge >= 0.3 is 11.9 Å². The average molecular weight is 413 g/mol. The number of hydrogen-bond acceptors (Lipinski definition) is 5. The van der Waals surface area contributed by atoms with Crippen LogP contribution in [-0.4, -0.2) is 61.1 Å². The molecule has 1 heterocycles. The second-order valence-corrected chi connectivity index (χ2v) is 8.37. The molecule has 28 heavy (non-hydrogen) atoms. The van der Waals surface area contributed by atoms with E-state index >= 15 is 0 Å². The normalized spacial score (nSPS) is 11.3. The fraction of sp³-hybridized carbons (Fsp3) is 0.444. The zero-order valence-electron chi connectivity index (χ0n) is 16.2. The number of H-pyrrole nitrogens is 1.